The summed E-state index contributed by atoms with van der Waals surface area (Å²) in [5.74, 6) is -1.48. The van der Waals surface area contributed by atoms with Gasteiger partial charge in [0.05, 0.1) is 5.92 Å². The molecule has 1 aromatic rings. The van der Waals surface area contributed by atoms with Crippen molar-refractivity contribution < 1.29 is 14.7 Å². The maximum absolute atomic E-state index is 12.0. The monoisotopic (exact) mass is 275 g/mol. The number of anilines is 1. The van der Waals surface area contributed by atoms with E-state index in [1.54, 1.807) is 12.1 Å². The zero-order valence-electron chi connectivity index (χ0n) is 11.5. The second kappa shape index (κ2) is 7.08. The van der Waals surface area contributed by atoms with E-state index in [0.29, 0.717) is 5.69 Å². The Morgan fingerprint density at radius 3 is 2.40 bits per heavy atom. The summed E-state index contributed by atoms with van der Waals surface area (Å²) < 4.78 is 0. The Labute approximate surface area is 119 Å². The third-order valence-corrected chi connectivity index (χ3v) is 4.00. The van der Waals surface area contributed by atoms with Crippen LogP contribution in [0, 0.1) is 11.8 Å². The summed E-state index contributed by atoms with van der Waals surface area (Å²) in [6.07, 6.45) is 5.25. The molecule has 1 saturated carbocycles. The molecule has 1 atom stereocenters. The van der Waals surface area contributed by atoms with Crippen molar-refractivity contribution in [2.24, 2.45) is 11.8 Å². The van der Waals surface area contributed by atoms with Crippen LogP contribution in [0.2, 0.25) is 0 Å². The van der Waals surface area contributed by atoms with E-state index in [1.165, 1.54) is 6.42 Å². The van der Waals surface area contributed by atoms with Crippen molar-refractivity contribution in [3.05, 3.63) is 30.3 Å². The van der Waals surface area contributed by atoms with Gasteiger partial charge in [-0.1, -0.05) is 37.5 Å². The van der Waals surface area contributed by atoms with Crippen LogP contribution < -0.4 is 5.32 Å². The number of carboxylic acids is 1. The normalized spacial score (nSPS) is 17.4. The molecule has 1 aliphatic carbocycles. The number of rotatable bonds is 5. The van der Waals surface area contributed by atoms with Gasteiger partial charge in [-0.15, -0.1) is 0 Å². The number of nitrogens with one attached hydrogen (secondary N) is 1. The van der Waals surface area contributed by atoms with Crippen molar-refractivity contribution in [2.75, 3.05) is 5.32 Å². The number of para-hydroxylation sites is 1. The Bertz CT molecular complexity index is 452. The molecule has 0 unspecified atom stereocenters. The molecular weight excluding hydrogens is 254 g/mol. The predicted octanol–water partition coefficient (Wildman–Crippen LogP) is 3.30. The Morgan fingerprint density at radius 2 is 1.80 bits per heavy atom. The molecule has 0 aromatic heterocycles. The SMILES string of the molecule is O=C(C[C@@H](C(=O)O)C1CCCCC1)Nc1ccccc1. The number of carbonyl (C=O) groups is 2. The van der Waals surface area contributed by atoms with Crippen molar-refractivity contribution in [1.29, 1.82) is 0 Å². The van der Waals surface area contributed by atoms with Crippen LogP contribution in [0.1, 0.15) is 38.5 Å². The molecule has 1 amide bonds. The lowest BCUT2D eigenvalue weighted by molar-refractivity contribution is -0.146. The first-order valence-electron chi connectivity index (χ1n) is 7.24. The lowest BCUT2D eigenvalue weighted by atomic mass is 9.78. The number of hydrogen-bond acceptors (Lipinski definition) is 2. The summed E-state index contributed by atoms with van der Waals surface area (Å²) >= 11 is 0. The van der Waals surface area contributed by atoms with Crippen LogP contribution in [0.3, 0.4) is 0 Å². The minimum Gasteiger partial charge on any atom is -0.481 e. The third-order valence-electron chi connectivity index (χ3n) is 4.00. The number of carboxylic acid groups (broad SMARTS) is 1. The predicted molar refractivity (Wildman–Crippen MR) is 77.4 cm³/mol. The van der Waals surface area contributed by atoms with E-state index >= 15 is 0 Å². The van der Waals surface area contributed by atoms with E-state index in [-0.39, 0.29) is 18.2 Å². The summed E-state index contributed by atoms with van der Waals surface area (Å²) in [6.45, 7) is 0. The van der Waals surface area contributed by atoms with Crippen molar-refractivity contribution in [1.82, 2.24) is 0 Å². The number of carbonyl (C=O) groups excluding carboxylic acids is 1. The van der Waals surface area contributed by atoms with Gasteiger partial charge in [0.2, 0.25) is 5.91 Å². The molecule has 0 heterocycles. The zero-order chi connectivity index (χ0) is 14.4. The molecule has 1 aliphatic rings. The number of benzene rings is 1. The number of aliphatic carboxylic acids is 1. The molecule has 0 saturated heterocycles. The first kappa shape index (κ1) is 14.6. The molecule has 0 bridgehead atoms. The fourth-order valence-electron chi connectivity index (χ4n) is 2.93. The summed E-state index contributed by atoms with van der Waals surface area (Å²) in [4.78, 5) is 23.4. The molecule has 108 valence electrons. The molecule has 1 aromatic carbocycles. The standard InChI is InChI=1S/C16H21NO3/c18-15(17-13-9-5-2-6-10-13)11-14(16(19)20)12-7-3-1-4-8-12/h2,5-6,9-10,12,14H,1,3-4,7-8,11H2,(H,17,18)(H,19,20)/t14-/m1/s1. The molecular formula is C16H21NO3. The van der Waals surface area contributed by atoms with Crippen LogP contribution >= 0.6 is 0 Å². The van der Waals surface area contributed by atoms with Gasteiger partial charge >= 0.3 is 5.97 Å². The fourth-order valence-corrected chi connectivity index (χ4v) is 2.93. The average molecular weight is 275 g/mol. The molecule has 4 heteroatoms. The topological polar surface area (TPSA) is 66.4 Å². The van der Waals surface area contributed by atoms with Gasteiger partial charge in [0, 0.05) is 12.1 Å². The van der Waals surface area contributed by atoms with Gasteiger partial charge < -0.3 is 10.4 Å². The van der Waals surface area contributed by atoms with Crippen molar-refractivity contribution in [3.63, 3.8) is 0 Å². The van der Waals surface area contributed by atoms with Crippen LogP contribution in [-0.4, -0.2) is 17.0 Å². The van der Waals surface area contributed by atoms with Crippen LogP contribution in [0.5, 0.6) is 0 Å². The Kier molecular flexibility index (Phi) is 5.16. The maximum Gasteiger partial charge on any atom is 0.307 e. The molecule has 0 aliphatic heterocycles. The van der Waals surface area contributed by atoms with Crippen LogP contribution in [0.25, 0.3) is 0 Å². The van der Waals surface area contributed by atoms with Crippen LogP contribution in [0.15, 0.2) is 30.3 Å². The van der Waals surface area contributed by atoms with E-state index in [9.17, 15) is 14.7 Å². The van der Waals surface area contributed by atoms with Gasteiger partial charge in [-0.3, -0.25) is 9.59 Å². The summed E-state index contributed by atoms with van der Waals surface area (Å²) in [6, 6.07) is 9.15. The molecule has 4 nitrogen and oxygen atoms in total. The van der Waals surface area contributed by atoms with E-state index in [2.05, 4.69) is 5.32 Å². The highest BCUT2D eigenvalue weighted by Gasteiger charge is 2.31. The van der Waals surface area contributed by atoms with Crippen LogP contribution in [-0.2, 0) is 9.59 Å². The minimum atomic E-state index is -0.847. The van der Waals surface area contributed by atoms with E-state index in [1.807, 2.05) is 18.2 Å². The average Bonchev–Trinajstić information content (AvgIpc) is 2.46. The number of amides is 1. The Hall–Kier alpha value is -1.84. The van der Waals surface area contributed by atoms with Gasteiger partial charge in [0.15, 0.2) is 0 Å². The summed E-state index contributed by atoms with van der Waals surface area (Å²) in [7, 11) is 0. The smallest absolute Gasteiger partial charge is 0.307 e. The maximum atomic E-state index is 12.0. The summed E-state index contributed by atoms with van der Waals surface area (Å²) in [5.41, 5.74) is 0.713. The van der Waals surface area contributed by atoms with Gasteiger partial charge in [0.25, 0.3) is 0 Å². The van der Waals surface area contributed by atoms with E-state index < -0.39 is 11.9 Å². The second-order valence-corrected chi connectivity index (χ2v) is 5.46. The van der Waals surface area contributed by atoms with Gasteiger partial charge in [-0.25, -0.2) is 0 Å². The highest BCUT2D eigenvalue weighted by atomic mass is 16.4. The number of hydrogen-bond donors (Lipinski definition) is 2. The molecule has 0 spiro atoms. The van der Waals surface area contributed by atoms with E-state index in [4.69, 9.17) is 0 Å². The second-order valence-electron chi connectivity index (χ2n) is 5.46. The highest BCUT2D eigenvalue weighted by molar-refractivity contribution is 5.93. The highest BCUT2D eigenvalue weighted by Crippen LogP contribution is 2.32. The lowest BCUT2D eigenvalue weighted by Crippen LogP contribution is -2.29. The molecule has 1 fully saturated rings. The largest absolute Gasteiger partial charge is 0.481 e. The van der Waals surface area contributed by atoms with Gasteiger partial charge in [-0.05, 0) is 30.9 Å². The Balaban J connectivity index is 1.93. The molecule has 2 N–H and O–H groups in total. The minimum absolute atomic E-state index is 0.0644. The molecule has 20 heavy (non-hydrogen) atoms. The van der Waals surface area contributed by atoms with Crippen molar-refractivity contribution >= 4 is 17.6 Å². The zero-order valence-corrected chi connectivity index (χ0v) is 11.5. The summed E-state index contributed by atoms with van der Waals surface area (Å²) in [5, 5.41) is 12.1. The third kappa shape index (κ3) is 4.08. The Morgan fingerprint density at radius 1 is 1.15 bits per heavy atom. The van der Waals surface area contributed by atoms with E-state index in [0.717, 1.165) is 25.7 Å². The first-order chi connectivity index (χ1) is 9.66. The first-order valence-corrected chi connectivity index (χ1v) is 7.24. The molecule has 0 radical (unpaired) electrons. The van der Waals surface area contributed by atoms with Gasteiger partial charge in [0.1, 0.15) is 0 Å². The lowest BCUT2D eigenvalue weighted by Gasteiger charge is -2.27. The van der Waals surface area contributed by atoms with Gasteiger partial charge in [-0.2, -0.15) is 0 Å². The quantitative estimate of drug-likeness (QED) is 0.866. The van der Waals surface area contributed by atoms with Crippen molar-refractivity contribution in [3.8, 4) is 0 Å². The fraction of sp³-hybridized carbons (Fsp3) is 0.500. The molecule has 2 rings (SSSR count). The van der Waals surface area contributed by atoms with Crippen LogP contribution in [0.4, 0.5) is 5.69 Å². The van der Waals surface area contributed by atoms with Crippen molar-refractivity contribution in [2.45, 2.75) is 38.5 Å².